The van der Waals surface area contributed by atoms with Crippen LogP contribution in [0.4, 0.5) is 0 Å². The quantitative estimate of drug-likeness (QED) is 0.835. The number of carbonyl (C=O) groups excluding carboxylic acids is 1. The third kappa shape index (κ3) is 3.42. The number of hydrogen-bond donors (Lipinski definition) is 2. The summed E-state index contributed by atoms with van der Waals surface area (Å²) >= 11 is 0. The maximum absolute atomic E-state index is 12.0. The number of amides is 1. The molecule has 19 heavy (non-hydrogen) atoms. The molecule has 2 rings (SSSR count). The van der Waals surface area contributed by atoms with Crippen LogP contribution < -0.4 is 11.1 Å². The first-order chi connectivity index (χ1) is 9.20. The molecule has 100 valence electrons. The lowest BCUT2D eigenvalue weighted by Crippen LogP contribution is -2.24. The number of nitrogens with zero attached hydrogens (tertiary/aromatic N) is 2. The van der Waals surface area contributed by atoms with Gasteiger partial charge in [-0.2, -0.15) is 0 Å². The van der Waals surface area contributed by atoms with E-state index in [4.69, 9.17) is 5.73 Å². The lowest BCUT2D eigenvalue weighted by molar-refractivity contribution is 0.0949. The molecule has 0 radical (unpaired) electrons. The van der Waals surface area contributed by atoms with E-state index in [9.17, 15) is 4.79 Å². The minimum atomic E-state index is -0.0955. The van der Waals surface area contributed by atoms with Gasteiger partial charge in [-0.1, -0.05) is 12.1 Å². The molecule has 0 spiro atoms. The fourth-order valence-electron chi connectivity index (χ4n) is 1.86. The Morgan fingerprint density at radius 1 is 1.47 bits per heavy atom. The first-order valence-corrected chi connectivity index (χ1v) is 6.24. The Morgan fingerprint density at radius 2 is 2.32 bits per heavy atom. The summed E-state index contributed by atoms with van der Waals surface area (Å²) in [7, 11) is 1.90. The molecule has 0 aliphatic heterocycles. The van der Waals surface area contributed by atoms with Crippen molar-refractivity contribution >= 4 is 5.91 Å². The van der Waals surface area contributed by atoms with Crippen molar-refractivity contribution < 1.29 is 4.79 Å². The van der Waals surface area contributed by atoms with Gasteiger partial charge in [0, 0.05) is 25.0 Å². The van der Waals surface area contributed by atoms with E-state index in [2.05, 4.69) is 10.3 Å². The van der Waals surface area contributed by atoms with Gasteiger partial charge in [0.25, 0.3) is 5.91 Å². The number of aryl methyl sites for hydroxylation is 1. The lowest BCUT2D eigenvalue weighted by atomic mass is 10.1. The van der Waals surface area contributed by atoms with Gasteiger partial charge in [0.2, 0.25) is 0 Å². The van der Waals surface area contributed by atoms with Crippen LogP contribution >= 0.6 is 0 Å². The zero-order valence-electron chi connectivity index (χ0n) is 11.0. The highest BCUT2D eigenvalue weighted by Gasteiger charge is 2.07. The molecule has 5 nitrogen and oxygen atoms in total. The molecular weight excluding hydrogens is 240 g/mol. The van der Waals surface area contributed by atoms with Gasteiger partial charge in [-0.3, -0.25) is 4.79 Å². The molecule has 0 unspecified atom stereocenters. The van der Waals surface area contributed by atoms with E-state index in [-0.39, 0.29) is 5.91 Å². The van der Waals surface area contributed by atoms with Gasteiger partial charge < -0.3 is 15.6 Å². The van der Waals surface area contributed by atoms with Crippen molar-refractivity contribution in [2.24, 2.45) is 12.8 Å². The molecule has 0 bridgehead atoms. The number of imidazole rings is 1. The van der Waals surface area contributed by atoms with Gasteiger partial charge >= 0.3 is 0 Å². The van der Waals surface area contributed by atoms with Gasteiger partial charge in [0.15, 0.2) is 0 Å². The smallest absolute Gasteiger partial charge is 0.251 e. The van der Waals surface area contributed by atoms with E-state index in [0.717, 1.165) is 17.8 Å². The van der Waals surface area contributed by atoms with Crippen LogP contribution in [0.25, 0.3) is 0 Å². The number of benzene rings is 1. The number of nitrogens with two attached hydrogens (primary N) is 1. The van der Waals surface area contributed by atoms with Crippen LogP contribution in [0.15, 0.2) is 36.7 Å². The van der Waals surface area contributed by atoms with Crippen molar-refractivity contribution in [2.45, 2.75) is 13.0 Å². The third-order valence-electron chi connectivity index (χ3n) is 2.95. The van der Waals surface area contributed by atoms with E-state index in [0.29, 0.717) is 18.7 Å². The van der Waals surface area contributed by atoms with E-state index in [1.54, 1.807) is 12.3 Å². The predicted octanol–water partition coefficient (Wildman–Crippen LogP) is 0.851. The Morgan fingerprint density at radius 3 is 3.00 bits per heavy atom. The van der Waals surface area contributed by atoms with Crippen LogP contribution in [0.5, 0.6) is 0 Å². The van der Waals surface area contributed by atoms with Crippen LogP contribution in [0, 0.1) is 0 Å². The third-order valence-corrected chi connectivity index (χ3v) is 2.95. The van der Waals surface area contributed by atoms with E-state index in [1.807, 2.05) is 36.0 Å². The fourth-order valence-corrected chi connectivity index (χ4v) is 1.86. The Kier molecular flexibility index (Phi) is 4.30. The van der Waals surface area contributed by atoms with Crippen molar-refractivity contribution in [1.29, 1.82) is 0 Å². The molecule has 0 saturated carbocycles. The van der Waals surface area contributed by atoms with Gasteiger partial charge in [0.05, 0.1) is 6.54 Å². The first kappa shape index (κ1) is 13.3. The summed E-state index contributed by atoms with van der Waals surface area (Å²) in [5.74, 6) is 0.730. The second-order valence-electron chi connectivity index (χ2n) is 4.38. The van der Waals surface area contributed by atoms with Crippen LogP contribution in [-0.2, 0) is 20.0 Å². The van der Waals surface area contributed by atoms with E-state index < -0.39 is 0 Å². The highest BCUT2D eigenvalue weighted by molar-refractivity contribution is 5.94. The summed E-state index contributed by atoms with van der Waals surface area (Å²) in [6, 6.07) is 7.53. The average molecular weight is 258 g/mol. The molecule has 2 aromatic rings. The standard InChI is InChI=1S/C14H18N4O/c1-18-8-7-16-13(18)10-17-14(19)12-4-2-3-11(9-12)5-6-15/h2-4,7-9H,5-6,10,15H2,1H3,(H,17,19). The van der Waals surface area contributed by atoms with E-state index in [1.165, 1.54) is 0 Å². The molecule has 0 fully saturated rings. The molecule has 0 saturated heterocycles. The zero-order valence-corrected chi connectivity index (χ0v) is 11.0. The molecule has 5 heteroatoms. The minimum Gasteiger partial charge on any atom is -0.345 e. The summed E-state index contributed by atoms with van der Waals surface area (Å²) in [5, 5.41) is 2.86. The van der Waals surface area contributed by atoms with Crippen LogP contribution in [0.3, 0.4) is 0 Å². The molecule has 0 atom stereocenters. The SMILES string of the molecule is Cn1ccnc1CNC(=O)c1cccc(CCN)c1. The Labute approximate surface area is 112 Å². The predicted molar refractivity (Wildman–Crippen MR) is 73.6 cm³/mol. The van der Waals surface area contributed by atoms with E-state index >= 15 is 0 Å². The zero-order chi connectivity index (χ0) is 13.7. The van der Waals surface area contributed by atoms with Gasteiger partial charge in [-0.15, -0.1) is 0 Å². The average Bonchev–Trinajstić information content (AvgIpc) is 2.82. The molecule has 1 amide bonds. The number of aromatic nitrogens is 2. The molecule has 0 aliphatic rings. The number of carbonyl (C=O) groups is 1. The van der Waals surface area contributed by atoms with Gasteiger partial charge in [-0.25, -0.2) is 4.98 Å². The van der Waals surface area contributed by atoms with Crippen molar-refractivity contribution in [3.63, 3.8) is 0 Å². The van der Waals surface area contributed by atoms with Crippen LogP contribution in [-0.4, -0.2) is 22.0 Å². The lowest BCUT2D eigenvalue weighted by Gasteiger charge is -2.07. The van der Waals surface area contributed by atoms with Gasteiger partial charge in [-0.05, 0) is 30.7 Å². The van der Waals surface area contributed by atoms with Crippen molar-refractivity contribution in [3.05, 3.63) is 53.6 Å². The number of rotatable bonds is 5. The number of hydrogen-bond acceptors (Lipinski definition) is 3. The topological polar surface area (TPSA) is 72.9 Å². The normalized spacial score (nSPS) is 10.4. The summed E-state index contributed by atoms with van der Waals surface area (Å²) in [5.41, 5.74) is 7.24. The van der Waals surface area contributed by atoms with Crippen molar-refractivity contribution in [2.75, 3.05) is 6.54 Å². The molecule has 1 heterocycles. The Bertz CT molecular complexity index is 562. The summed E-state index contributed by atoms with van der Waals surface area (Å²) in [6.07, 6.45) is 4.34. The maximum atomic E-state index is 12.0. The Balaban J connectivity index is 2.00. The molecule has 1 aromatic heterocycles. The fraction of sp³-hybridized carbons (Fsp3) is 0.286. The molecular formula is C14H18N4O. The summed E-state index contributed by atoms with van der Waals surface area (Å²) in [4.78, 5) is 16.2. The second-order valence-corrected chi connectivity index (χ2v) is 4.38. The number of nitrogens with one attached hydrogen (secondary N) is 1. The Hall–Kier alpha value is -2.14. The monoisotopic (exact) mass is 258 g/mol. The van der Waals surface area contributed by atoms with Gasteiger partial charge in [0.1, 0.15) is 5.82 Å². The highest BCUT2D eigenvalue weighted by Crippen LogP contribution is 2.06. The first-order valence-electron chi connectivity index (χ1n) is 6.24. The highest BCUT2D eigenvalue weighted by atomic mass is 16.1. The minimum absolute atomic E-state index is 0.0955. The molecule has 1 aromatic carbocycles. The molecule has 0 aliphatic carbocycles. The maximum Gasteiger partial charge on any atom is 0.251 e. The van der Waals surface area contributed by atoms with Crippen LogP contribution in [0.2, 0.25) is 0 Å². The van der Waals surface area contributed by atoms with Crippen molar-refractivity contribution in [3.8, 4) is 0 Å². The largest absolute Gasteiger partial charge is 0.345 e. The summed E-state index contributed by atoms with van der Waals surface area (Å²) < 4.78 is 1.88. The van der Waals surface area contributed by atoms with Crippen molar-refractivity contribution in [1.82, 2.24) is 14.9 Å². The summed E-state index contributed by atoms with van der Waals surface area (Å²) in [6.45, 7) is 1.00. The van der Waals surface area contributed by atoms with Crippen LogP contribution in [0.1, 0.15) is 21.7 Å². The molecule has 3 N–H and O–H groups in total. The second kappa shape index (κ2) is 6.15.